The topological polar surface area (TPSA) is 66.1 Å². The van der Waals surface area contributed by atoms with Crippen molar-refractivity contribution in [3.63, 3.8) is 0 Å². The minimum atomic E-state index is -0.725. The Morgan fingerprint density at radius 2 is 1.65 bits per heavy atom. The van der Waals surface area contributed by atoms with Gasteiger partial charge in [0.05, 0.1) is 17.4 Å². The number of aliphatic hydroxyl groups is 1. The van der Waals surface area contributed by atoms with Crippen molar-refractivity contribution in [2.75, 3.05) is 12.4 Å². The van der Waals surface area contributed by atoms with Crippen molar-refractivity contribution in [3.8, 4) is 34.2 Å². The van der Waals surface area contributed by atoms with Crippen LogP contribution in [0.25, 0.3) is 22.4 Å². The normalized spacial score (nSPS) is 12.1. The SMILES string of the molecule is CC(C)(C)c1ccc(OCC(O)CSc2nc(-c3ccc(Br)cc3)cc(-c3ccccc3)c2C#N)cc1. The Labute approximate surface area is 231 Å². The lowest BCUT2D eigenvalue weighted by molar-refractivity contribution is 0.126. The summed E-state index contributed by atoms with van der Waals surface area (Å²) in [6.45, 7) is 6.66. The molecule has 0 aliphatic rings. The number of hydrogen-bond acceptors (Lipinski definition) is 5. The number of aliphatic hydroxyl groups excluding tert-OH is 1. The molecule has 4 rings (SSSR count). The standard InChI is InChI=1S/C31H29BrN2O2S/c1-31(2,3)23-11-15-26(16-12-23)36-19-25(35)20-37-30-28(18-33)27(21-7-5-4-6-8-21)17-29(34-30)22-9-13-24(32)14-10-22/h4-17,25,35H,19-20H2,1-3H3. The highest BCUT2D eigenvalue weighted by molar-refractivity contribution is 9.10. The molecule has 0 radical (unpaired) electrons. The summed E-state index contributed by atoms with van der Waals surface area (Å²) in [6, 6.07) is 30.1. The number of benzene rings is 3. The Morgan fingerprint density at radius 1 is 0.973 bits per heavy atom. The lowest BCUT2D eigenvalue weighted by Crippen LogP contribution is -2.20. The molecule has 4 nitrogen and oxygen atoms in total. The van der Waals surface area contributed by atoms with Crippen LogP contribution in [0.4, 0.5) is 0 Å². The molecule has 1 heterocycles. The molecule has 37 heavy (non-hydrogen) atoms. The van der Waals surface area contributed by atoms with Crippen molar-refractivity contribution in [1.82, 2.24) is 4.98 Å². The lowest BCUT2D eigenvalue weighted by atomic mass is 9.87. The van der Waals surface area contributed by atoms with Crippen LogP contribution in [0.1, 0.15) is 31.9 Å². The predicted octanol–water partition coefficient (Wildman–Crippen LogP) is 7.88. The van der Waals surface area contributed by atoms with Crippen molar-refractivity contribution in [2.45, 2.75) is 37.3 Å². The minimum absolute atomic E-state index is 0.0729. The van der Waals surface area contributed by atoms with Gasteiger partial charge in [0.25, 0.3) is 0 Å². The average molecular weight is 574 g/mol. The van der Waals surface area contributed by atoms with Gasteiger partial charge in [-0.15, -0.1) is 11.8 Å². The van der Waals surface area contributed by atoms with E-state index in [2.05, 4.69) is 54.9 Å². The number of nitrogens with zero attached hydrogens (tertiary/aromatic N) is 2. The van der Waals surface area contributed by atoms with Gasteiger partial charge in [-0.2, -0.15) is 5.26 Å². The van der Waals surface area contributed by atoms with Crippen LogP contribution in [-0.2, 0) is 5.41 Å². The number of hydrogen-bond donors (Lipinski definition) is 1. The lowest BCUT2D eigenvalue weighted by Gasteiger charge is -2.19. The molecule has 0 aliphatic heterocycles. The van der Waals surface area contributed by atoms with Gasteiger partial charge < -0.3 is 9.84 Å². The van der Waals surface area contributed by atoms with Crippen molar-refractivity contribution in [1.29, 1.82) is 5.26 Å². The molecule has 0 saturated heterocycles. The Balaban J connectivity index is 1.54. The van der Waals surface area contributed by atoms with E-state index in [0.29, 0.717) is 16.3 Å². The number of thioether (sulfide) groups is 1. The second kappa shape index (κ2) is 12.0. The summed E-state index contributed by atoms with van der Waals surface area (Å²) in [5.74, 6) is 1.07. The van der Waals surface area contributed by atoms with Crippen LogP contribution in [0.5, 0.6) is 5.75 Å². The van der Waals surface area contributed by atoms with E-state index < -0.39 is 6.10 Å². The Bertz CT molecular complexity index is 1380. The Morgan fingerprint density at radius 3 is 2.27 bits per heavy atom. The molecule has 1 N–H and O–H groups in total. The maximum Gasteiger partial charge on any atom is 0.119 e. The van der Waals surface area contributed by atoms with Crippen molar-refractivity contribution in [3.05, 3.63) is 101 Å². The Hall–Kier alpha value is -3.11. The summed E-state index contributed by atoms with van der Waals surface area (Å²) in [5, 5.41) is 21.3. The molecule has 188 valence electrons. The molecule has 0 aliphatic carbocycles. The fourth-order valence-electron chi connectivity index (χ4n) is 3.81. The molecule has 0 saturated carbocycles. The van der Waals surface area contributed by atoms with Gasteiger partial charge in [0.2, 0.25) is 0 Å². The van der Waals surface area contributed by atoms with Gasteiger partial charge in [0, 0.05) is 21.4 Å². The van der Waals surface area contributed by atoms with Crippen molar-refractivity contribution >= 4 is 27.7 Å². The van der Waals surface area contributed by atoms with E-state index in [9.17, 15) is 10.4 Å². The van der Waals surface area contributed by atoms with E-state index in [1.54, 1.807) is 0 Å². The van der Waals surface area contributed by atoms with E-state index >= 15 is 0 Å². The molecule has 4 aromatic rings. The van der Waals surface area contributed by atoms with Gasteiger partial charge in [0.15, 0.2) is 0 Å². The van der Waals surface area contributed by atoms with Crippen LogP contribution in [-0.4, -0.2) is 28.6 Å². The molecule has 1 atom stereocenters. The van der Waals surface area contributed by atoms with Gasteiger partial charge >= 0.3 is 0 Å². The second-order valence-electron chi connectivity index (χ2n) is 9.77. The molecule has 0 fully saturated rings. The van der Waals surface area contributed by atoms with E-state index in [4.69, 9.17) is 9.72 Å². The first-order chi connectivity index (χ1) is 17.7. The fourth-order valence-corrected chi connectivity index (χ4v) is 4.99. The quantitative estimate of drug-likeness (QED) is 0.217. The summed E-state index contributed by atoms with van der Waals surface area (Å²) >= 11 is 4.85. The molecule has 0 bridgehead atoms. The minimum Gasteiger partial charge on any atom is -0.491 e. The summed E-state index contributed by atoms with van der Waals surface area (Å²) < 4.78 is 6.81. The molecule has 3 aromatic carbocycles. The van der Waals surface area contributed by atoms with Crippen LogP contribution in [0.15, 0.2) is 94.4 Å². The highest BCUT2D eigenvalue weighted by Gasteiger charge is 2.18. The van der Waals surface area contributed by atoms with Crippen molar-refractivity contribution < 1.29 is 9.84 Å². The van der Waals surface area contributed by atoms with Gasteiger partial charge in [-0.05, 0) is 46.9 Å². The third-order valence-electron chi connectivity index (χ3n) is 5.90. The largest absolute Gasteiger partial charge is 0.491 e. The first kappa shape index (κ1) is 26.9. The maximum atomic E-state index is 10.7. The number of nitriles is 1. The van der Waals surface area contributed by atoms with Gasteiger partial charge in [-0.1, -0.05) is 91.3 Å². The summed E-state index contributed by atoms with van der Waals surface area (Å²) in [5.41, 5.74) is 5.30. The first-order valence-corrected chi connectivity index (χ1v) is 13.8. The van der Waals surface area contributed by atoms with Crippen LogP contribution in [0.3, 0.4) is 0 Å². The zero-order valence-corrected chi connectivity index (χ0v) is 23.5. The van der Waals surface area contributed by atoms with Gasteiger partial charge in [-0.25, -0.2) is 4.98 Å². The molecular formula is C31H29BrN2O2S. The number of rotatable bonds is 8. The number of halogens is 1. The number of pyridine rings is 1. The molecule has 0 spiro atoms. The monoisotopic (exact) mass is 572 g/mol. The maximum absolute atomic E-state index is 10.7. The smallest absolute Gasteiger partial charge is 0.119 e. The van der Waals surface area contributed by atoms with Gasteiger partial charge in [0.1, 0.15) is 23.5 Å². The highest BCUT2D eigenvalue weighted by Crippen LogP contribution is 2.35. The zero-order chi connectivity index (χ0) is 26.4. The first-order valence-electron chi connectivity index (χ1n) is 12.1. The average Bonchev–Trinajstić information content (AvgIpc) is 2.90. The molecule has 1 aromatic heterocycles. The molecular weight excluding hydrogens is 544 g/mol. The van der Waals surface area contributed by atoms with Crippen LogP contribution in [0.2, 0.25) is 0 Å². The van der Waals surface area contributed by atoms with Crippen molar-refractivity contribution in [2.24, 2.45) is 0 Å². The molecule has 1 unspecified atom stereocenters. The van der Waals surface area contributed by atoms with Crippen LogP contribution < -0.4 is 4.74 Å². The van der Waals surface area contributed by atoms with Crippen LogP contribution in [0, 0.1) is 11.3 Å². The third-order valence-corrected chi connectivity index (χ3v) is 7.55. The molecule has 0 amide bonds. The van der Waals surface area contributed by atoms with E-state index in [-0.39, 0.29) is 12.0 Å². The van der Waals surface area contributed by atoms with E-state index in [1.807, 2.05) is 72.8 Å². The number of ether oxygens (including phenoxy) is 1. The summed E-state index contributed by atoms with van der Waals surface area (Å²) in [6.07, 6.45) is -0.725. The zero-order valence-electron chi connectivity index (χ0n) is 21.1. The van der Waals surface area contributed by atoms with E-state index in [0.717, 1.165) is 32.6 Å². The Kier molecular flexibility index (Phi) is 8.71. The summed E-state index contributed by atoms with van der Waals surface area (Å²) in [4.78, 5) is 4.83. The third kappa shape index (κ3) is 7.01. The van der Waals surface area contributed by atoms with Gasteiger partial charge in [-0.3, -0.25) is 0 Å². The second-order valence-corrected chi connectivity index (χ2v) is 11.7. The van der Waals surface area contributed by atoms with Crippen LogP contribution >= 0.6 is 27.7 Å². The van der Waals surface area contributed by atoms with E-state index in [1.165, 1.54) is 17.3 Å². The summed E-state index contributed by atoms with van der Waals surface area (Å²) in [7, 11) is 0. The predicted molar refractivity (Wildman–Crippen MR) is 155 cm³/mol. The number of aromatic nitrogens is 1. The highest BCUT2D eigenvalue weighted by atomic mass is 79.9. The fraction of sp³-hybridized carbons (Fsp3) is 0.226. The molecule has 6 heteroatoms.